The Morgan fingerprint density at radius 3 is 2.38 bits per heavy atom. The van der Waals surface area contributed by atoms with E-state index in [1.165, 1.54) is 12.8 Å². The lowest BCUT2D eigenvalue weighted by molar-refractivity contribution is -0.180. The summed E-state index contributed by atoms with van der Waals surface area (Å²) in [5.74, 6) is 0.751. The second-order valence-corrected chi connectivity index (χ2v) is 9.11. The van der Waals surface area contributed by atoms with Crippen LogP contribution in [0.5, 0.6) is 0 Å². The minimum Gasteiger partial charge on any atom is -0.390 e. The quantitative estimate of drug-likeness (QED) is 0.762. The Morgan fingerprint density at radius 2 is 1.81 bits per heavy atom. The zero-order valence-electron chi connectivity index (χ0n) is 14.6. The highest BCUT2D eigenvalue weighted by molar-refractivity contribution is 5.10. The van der Waals surface area contributed by atoms with Crippen molar-refractivity contribution in [3.8, 4) is 0 Å². The molecule has 21 heavy (non-hydrogen) atoms. The van der Waals surface area contributed by atoms with Gasteiger partial charge < -0.3 is 10.2 Å². The van der Waals surface area contributed by atoms with Crippen molar-refractivity contribution >= 4 is 0 Å². The highest BCUT2D eigenvalue weighted by Gasteiger charge is 2.58. The second kappa shape index (κ2) is 5.09. The molecule has 2 nitrogen and oxygen atoms in total. The Hall–Kier alpha value is -0.340. The first-order valence-electron chi connectivity index (χ1n) is 8.53. The van der Waals surface area contributed by atoms with Gasteiger partial charge in [-0.2, -0.15) is 0 Å². The van der Waals surface area contributed by atoms with E-state index in [1.54, 1.807) is 6.08 Å². The van der Waals surface area contributed by atoms with Crippen molar-refractivity contribution < 1.29 is 10.2 Å². The summed E-state index contributed by atoms with van der Waals surface area (Å²) in [6.45, 7) is 14.7. The molecule has 2 N–H and O–H groups in total. The van der Waals surface area contributed by atoms with Gasteiger partial charge in [-0.25, -0.2) is 0 Å². The summed E-state index contributed by atoms with van der Waals surface area (Å²) >= 11 is 0. The molecule has 0 aromatic heterocycles. The second-order valence-electron chi connectivity index (χ2n) is 9.11. The zero-order chi connectivity index (χ0) is 16.1. The summed E-state index contributed by atoms with van der Waals surface area (Å²) in [6.07, 6.45) is 7.84. The molecule has 0 aromatic carbocycles. The zero-order valence-corrected chi connectivity index (χ0v) is 14.6. The van der Waals surface area contributed by atoms with Gasteiger partial charge in [-0.05, 0) is 68.6 Å². The Balaban J connectivity index is 2.39. The van der Waals surface area contributed by atoms with E-state index in [2.05, 4.69) is 27.4 Å². The summed E-state index contributed by atoms with van der Waals surface area (Å²) in [7, 11) is 0. The highest BCUT2D eigenvalue weighted by Crippen LogP contribution is 2.63. The molecule has 2 aliphatic rings. The fourth-order valence-corrected chi connectivity index (χ4v) is 5.57. The third kappa shape index (κ3) is 2.94. The largest absolute Gasteiger partial charge is 0.390 e. The highest BCUT2D eigenvalue weighted by atomic mass is 16.3. The van der Waals surface area contributed by atoms with Gasteiger partial charge in [0, 0.05) is 0 Å². The van der Waals surface area contributed by atoms with Gasteiger partial charge in [-0.3, -0.25) is 0 Å². The molecule has 0 aliphatic heterocycles. The van der Waals surface area contributed by atoms with Crippen molar-refractivity contribution in [2.45, 2.75) is 84.3 Å². The number of fused-ring (bicyclic) bond motifs is 1. The van der Waals surface area contributed by atoms with Crippen molar-refractivity contribution in [1.82, 2.24) is 0 Å². The van der Waals surface area contributed by atoms with Crippen LogP contribution in [0.1, 0.15) is 73.1 Å². The van der Waals surface area contributed by atoms with Crippen LogP contribution >= 0.6 is 0 Å². The van der Waals surface area contributed by atoms with Crippen molar-refractivity contribution in [3.05, 3.63) is 12.7 Å². The minimum atomic E-state index is -0.902. The predicted octanol–water partition coefficient (Wildman–Crippen LogP) is 4.31. The van der Waals surface area contributed by atoms with E-state index in [-0.39, 0.29) is 11.3 Å². The standard InChI is InChI=1S/C19H34O2/c1-7-17(4,20)13-15-18(5)11-8-10-16(2,3)14(18)9-12-19(15,6)21/h7,14-15,20-21H,1,8-13H2,2-6H3/t14-,15-,17-,18+,19+/m0/s1. The summed E-state index contributed by atoms with van der Waals surface area (Å²) in [5, 5.41) is 21.5. The van der Waals surface area contributed by atoms with Gasteiger partial charge in [0.05, 0.1) is 11.2 Å². The average Bonchev–Trinajstić information content (AvgIpc) is 2.33. The summed E-state index contributed by atoms with van der Waals surface area (Å²) in [6, 6.07) is 0. The molecule has 0 bridgehead atoms. The summed E-state index contributed by atoms with van der Waals surface area (Å²) in [4.78, 5) is 0. The van der Waals surface area contributed by atoms with E-state index in [0.717, 1.165) is 19.3 Å². The number of rotatable bonds is 3. The van der Waals surface area contributed by atoms with E-state index in [4.69, 9.17) is 0 Å². The molecule has 2 rings (SSSR count). The van der Waals surface area contributed by atoms with E-state index in [9.17, 15) is 10.2 Å². The molecule has 0 amide bonds. The lowest BCUT2D eigenvalue weighted by atomic mass is 9.44. The lowest BCUT2D eigenvalue weighted by Crippen LogP contribution is -2.58. The van der Waals surface area contributed by atoms with Gasteiger partial charge >= 0.3 is 0 Å². The molecule has 0 saturated heterocycles. The van der Waals surface area contributed by atoms with E-state index >= 15 is 0 Å². The molecule has 0 aromatic rings. The van der Waals surface area contributed by atoms with Crippen LogP contribution in [-0.4, -0.2) is 21.4 Å². The van der Waals surface area contributed by atoms with Crippen molar-refractivity contribution in [1.29, 1.82) is 0 Å². The van der Waals surface area contributed by atoms with Crippen LogP contribution in [-0.2, 0) is 0 Å². The monoisotopic (exact) mass is 294 g/mol. The smallest absolute Gasteiger partial charge is 0.0801 e. The maximum Gasteiger partial charge on any atom is 0.0801 e. The van der Waals surface area contributed by atoms with E-state index in [1.807, 2.05) is 13.8 Å². The third-order valence-electron chi connectivity index (χ3n) is 6.82. The van der Waals surface area contributed by atoms with Gasteiger partial charge in [0.15, 0.2) is 0 Å². The van der Waals surface area contributed by atoms with Gasteiger partial charge in [0.25, 0.3) is 0 Å². The normalized spacial score (nSPS) is 45.5. The molecule has 2 heteroatoms. The predicted molar refractivity (Wildman–Crippen MR) is 88.0 cm³/mol. The summed E-state index contributed by atoms with van der Waals surface area (Å²) in [5.41, 5.74) is -1.15. The van der Waals surface area contributed by atoms with Crippen LogP contribution in [0.15, 0.2) is 12.7 Å². The van der Waals surface area contributed by atoms with Crippen molar-refractivity contribution in [2.24, 2.45) is 22.7 Å². The molecule has 122 valence electrons. The molecule has 0 spiro atoms. The molecule has 5 atom stereocenters. The Kier molecular flexibility index (Phi) is 4.13. The van der Waals surface area contributed by atoms with Gasteiger partial charge in [-0.1, -0.05) is 33.3 Å². The fraction of sp³-hybridized carbons (Fsp3) is 0.895. The first-order valence-corrected chi connectivity index (χ1v) is 8.53. The van der Waals surface area contributed by atoms with Gasteiger partial charge in [0.1, 0.15) is 0 Å². The molecule has 2 saturated carbocycles. The molecule has 2 fully saturated rings. The SMILES string of the molecule is C=C[C@](C)(O)C[C@H]1[C@]2(C)CCCC(C)(C)[C@@H]2CC[C@@]1(C)O. The molecule has 0 unspecified atom stereocenters. The Labute approximate surface area is 130 Å². The Bertz CT molecular complexity index is 408. The maximum atomic E-state index is 11.0. The van der Waals surface area contributed by atoms with Crippen LogP contribution < -0.4 is 0 Å². The lowest BCUT2D eigenvalue weighted by Gasteiger charge is -2.62. The molecular weight excluding hydrogens is 260 g/mol. The van der Waals surface area contributed by atoms with Crippen LogP contribution in [0, 0.1) is 22.7 Å². The number of hydrogen-bond acceptors (Lipinski definition) is 2. The summed E-state index contributed by atoms with van der Waals surface area (Å²) < 4.78 is 0. The first-order chi connectivity index (χ1) is 9.45. The van der Waals surface area contributed by atoms with Crippen molar-refractivity contribution in [2.75, 3.05) is 0 Å². The Morgan fingerprint density at radius 1 is 1.19 bits per heavy atom. The average molecular weight is 294 g/mol. The first kappa shape index (κ1) is 17.0. The fourth-order valence-electron chi connectivity index (χ4n) is 5.57. The van der Waals surface area contributed by atoms with Crippen LogP contribution in [0.3, 0.4) is 0 Å². The minimum absolute atomic E-state index is 0.108. The van der Waals surface area contributed by atoms with Gasteiger partial charge in [0.2, 0.25) is 0 Å². The van der Waals surface area contributed by atoms with E-state index in [0.29, 0.717) is 17.8 Å². The molecule has 0 radical (unpaired) electrons. The number of hydrogen-bond donors (Lipinski definition) is 2. The molecular formula is C19H34O2. The molecule has 0 heterocycles. The number of aliphatic hydroxyl groups is 2. The topological polar surface area (TPSA) is 40.5 Å². The van der Waals surface area contributed by atoms with Crippen LogP contribution in [0.4, 0.5) is 0 Å². The van der Waals surface area contributed by atoms with Crippen LogP contribution in [0.25, 0.3) is 0 Å². The third-order valence-corrected chi connectivity index (χ3v) is 6.82. The maximum absolute atomic E-state index is 11.0. The van der Waals surface area contributed by atoms with E-state index < -0.39 is 11.2 Å². The van der Waals surface area contributed by atoms with Gasteiger partial charge in [-0.15, -0.1) is 6.58 Å². The van der Waals surface area contributed by atoms with Crippen molar-refractivity contribution in [3.63, 3.8) is 0 Å². The molecule has 2 aliphatic carbocycles. The van der Waals surface area contributed by atoms with Crippen LogP contribution in [0.2, 0.25) is 0 Å².